The molecule has 1 amide bonds. The summed E-state index contributed by atoms with van der Waals surface area (Å²) in [4.78, 5) is 13.4. The quantitative estimate of drug-likeness (QED) is 0.853. The molecule has 1 aromatic carbocycles. The molecule has 0 radical (unpaired) electrons. The van der Waals surface area contributed by atoms with Gasteiger partial charge in [0.25, 0.3) is 10.2 Å². The zero-order valence-electron chi connectivity index (χ0n) is 12.8. The van der Waals surface area contributed by atoms with E-state index in [1.54, 1.807) is 0 Å². The van der Waals surface area contributed by atoms with Crippen molar-refractivity contribution in [1.29, 1.82) is 0 Å². The van der Waals surface area contributed by atoms with Gasteiger partial charge in [-0.25, -0.2) is 4.39 Å². The highest BCUT2D eigenvalue weighted by Gasteiger charge is 2.40. The van der Waals surface area contributed by atoms with Crippen LogP contribution in [0.3, 0.4) is 0 Å². The number of halogens is 1. The number of likely N-dealkylation sites (N-methyl/N-ethyl adjacent to an activating group) is 1. The lowest BCUT2D eigenvalue weighted by Gasteiger charge is -2.35. The first-order valence-corrected chi connectivity index (χ1v) is 9.54. The van der Waals surface area contributed by atoms with Crippen LogP contribution < -0.4 is 10.0 Å². The Labute approximate surface area is 150 Å². The summed E-state index contributed by atoms with van der Waals surface area (Å²) in [5.41, 5.74) is 0.415. The van der Waals surface area contributed by atoms with Crippen molar-refractivity contribution in [3.8, 4) is 0 Å². The van der Waals surface area contributed by atoms with Gasteiger partial charge in [0.2, 0.25) is 5.91 Å². The number of nitrogens with zero attached hydrogens (tertiary/aromatic N) is 1. The van der Waals surface area contributed by atoms with E-state index in [0.717, 1.165) is 9.18 Å². The molecule has 1 aliphatic rings. The molecule has 0 bridgehead atoms. The van der Waals surface area contributed by atoms with Crippen molar-refractivity contribution < 1.29 is 17.6 Å². The zero-order valence-corrected chi connectivity index (χ0v) is 14.4. The van der Waals surface area contributed by atoms with E-state index in [1.807, 2.05) is 17.5 Å². The molecule has 2 aromatic rings. The van der Waals surface area contributed by atoms with E-state index in [2.05, 4.69) is 10.0 Å². The van der Waals surface area contributed by atoms with Crippen molar-refractivity contribution in [2.75, 3.05) is 12.4 Å². The maximum atomic E-state index is 12.9. The van der Waals surface area contributed by atoms with Crippen LogP contribution in [0.1, 0.15) is 24.8 Å². The molecule has 1 aromatic heterocycles. The van der Waals surface area contributed by atoms with Gasteiger partial charge < -0.3 is 5.32 Å². The molecule has 1 aliphatic heterocycles. The minimum absolute atomic E-state index is 0. The number of thiophene rings is 1. The highest BCUT2D eigenvalue weighted by atomic mass is 32.2. The molecule has 9 heteroatoms. The molecule has 3 rings (SSSR count). The summed E-state index contributed by atoms with van der Waals surface area (Å²) < 4.78 is 41.1. The molecule has 136 valence electrons. The van der Waals surface area contributed by atoms with E-state index in [-0.39, 0.29) is 7.43 Å². The number of nitrogens with one attached hydrogen (secondary N) is 2. The normalized spacial score (nSPS) is 22.8. The third-order valence-corrected chi connectivity index (χ3v) is 6.45. The predicted octanol–water partition coefficient (Wildman–Crippen LogP) is 2.74. The lowest BCUT2D eigenvalue weighted by molar-refractivity contribution is -0.120. The molecule has 0 aliphatic carbocycles. The molecule has 2 atom stereocenters. The second-order valence-corrected chi connectivity index (χ2v) is 8.20. The van der Waals surface area contributed by atoms with Crippen LogP contribution in [0.25, 0.3) is 0 Å². The minimum atomic E-state index is -3.76. The van der Waals surface area contributed by atoms with Crippen LogP contribution >= 0.6 is 11.3 Å². The number of carbonyl (C=O) groups excluding carboxylic acids is 1. The number of anilines is 1. The van der Waals surface area contributed by atoms with Gasteiger partial charge in [0.1, 0.15) is 11.9 Å². The Kier molecular flexibility index (Phi) is 5.94. The van der Waals surface area contributed by atoms with Crippen LogP contribution in [-0.4, -0.2) is 31.7 Å². The summed E-state index contributed by atoms with van der Waals surface area (Å²) in [6.45, 7) is 0. The lowest BCUT2D eigenvalue weighted by atomic mass is 10.1. The number of benzene rings is 1. The summed E-state index contributed by atoms with van der Waals surface area (Å²) in [5, 5.41) is 4.49. The van der Waals surface area contributed by atoms with Gasteiger partial charge in [0.05, 0.1) is 6.04 Å². The Hall–Kier alpha value is -1.81. The number of hydrogen-bond donors (Lipinski definition) is 2. The first-order valence-electron chi connectivity index (χ1n) is 7.22. The summed E-state index contributed by atoms with van der Waals surface area (Å²) in [7, 11) is -2.40. The number of hydrogen-bond acceptors (Lipinski definition) is 4. The molecular weight excluding hydrogens is 365 g/mol. The molecule has 25 heavy (non-hydrogen) atoms. The average molecular weight is 385 g/mol. The van der Waals surface area contributed by atoms with E-state index in [0.29, 0.717) is 12.1 Å². The number of rotatable bonds is 3. The van der Waals surface area contributed by atoms with Crippen molar-refractivity contribution in [2.24, 2.45) is 0 Å². The van der Waals surface area contributed by atoms with Crippen molar-refractivity contribution in [3.63, 3.8) is 0 Å². The van der Waals surface area contributed by atoms with Gasteiger partial charge in [-0.05, 0) is 42.1 Å². The fraction of sp³-hybridized carbons (Fsp3) is 0.312. The third-order valence-electron chi connectivity index (χ3n) is 3.87. The molecule has 2 N–H and O–H groups in total. The zero-order chi connectivity index (χ0) is 17.3. The topological polar surface area (TPSA) is 78.5 Å². The van der Waals surface area contributed by atoms with Crippen molar-refractivity contribution in [2.45, 2.75) is 25.9 Å². The second kappa shape index (κ2) is 7.61. The predicted molar refractivity (Wildman–Crippen MR) is 97.0 cm³/mol. The van der Waals surface area contributed by atoms with Gasteiger partial charge >= 0.3 is 0 Å². The van der Waals surface area contributed by atoms with Gasteiger partial charge in [-0.1, -0.05) is 13.5 Å². The first-order chi connectivity index (χ1) is 11.4. The maximum absolute atomic E-state index is 12.9. The maximum Gasteiger partial charge on any atom is 0.280 e. The highest BCUT2D eigenvalue weighted by molar-refractivity contribution is 7.87. The largest absolute Gasteiger partial charge is 0.325 e. The molecule has 6 nitrogen and oxygen atoms in total. The SMILES string of the molecule is C.CN1C(C(=O)Nc2ccc(F)cc2)CC(c2cccs2)NS1(=O)=O. The van der Waals surface area contributed by atoms with Crippen LogP contribution in [0.15, 0.2) is 41.8 Å². The van der Waals surface area contributed by atoms with Crippen LogP contribution in [0.4, 0.5) is 10.1 Å². The van der Waals surface area contributed by atoms with Gasteiger partial charge in [0, 0.05) is 17.6 Å². The molecule has 2 unspecified atom stereocenters. The third kappa shape index (κ3) is 4.24. The lowest BCUT2D eigenvalue weighted by Crippen LogP contribution is -2.55. The molecule has 2 heterocycles. The van der Waals surface area contributed by atoms with E-state index < -0.39 is 34.0 Å². The molecule has 0 saturated carbocycles. The summed E-state index contributed by atoms with van der Waals surface area (Å²) in [6.07, 6.45) is 0.309. The smallest absolute Gasteiger partial charge is 0.280 e. The van der Waals surface area contributed by atoms with Crippen molar-refractivity contribution in [1.82, 2.24) is 9.03 Å². The van der Waals surface area contributed by atoms with E-state index in [4.69, 9.17) is 0 Å². The Bertz CT molecular complexity index is 823. The summed E-state index contributed by atoms with van der Waals surface area (Å²) in [5.74, 6) is -0.858. The van der Waals surface area contributed by atoms with Crippen LogP contribution in [0.5, 0.6) is 0 Å². The highest BCUT2D eigenvalue weighted by Crippen LogP contribution is 2.30. The van der Waals surface area contributed by atoms with Crippen LogP contribution in [-0.2, 0) is 15.0 Å². The molecular formula is C16H20FN3O3S2. The van der Waals surface area contributed by atoms with E-state index >= 15 is 0 Å². The average Bonchev–Trinajstić information content (AvgIpc) is 3.06. The fourth-order valence-electron chi connectivity index (χ4n) is 2.54. The van der Waals surface area contributed by atoms with Crippen molar-refractivity contribution >= 4 is 33.1 Å². The van der Waals surface area contributed by atoms with Crippen molar-refractivity contribution in [3.05, 3.63) is 52.5 Å². The minimum Gasteiger partial charge on any atom is -0.325 e. The molecule has 0 spiro atoms. The number of amides is 1. The van der Waals surface area contributed by atoms with E-state index in [1.165, 1.54) is 42.6 Å². The summed E-state index contributed by atoms with van der Waals surface area (Å²) in [6, 6.07) is 7.68. The van der Waals surface area contributed by atoms with Crippen LogP contribution in [0.2, 0.25) is 0 Å². The fourth-order valence-corrected chi connectivity index (χ4v) is 4.68. The Morgan fingerprint density at radius 1 is 1.32 bits per heavy atom. The van der Waals surface area contributed by atoms with Gasteiger partial charge in [-0.3, -0.25) is 4.79 Å². The van der Waals surface area contributed by atoms with Crippen LogP contribution in [0, 0.1) is 5.82 Å². The molecule has 1 saturated heterocycles. The Morgan fingerprint density at radius 2 is 2.00 bits per heavy atom. The monoisotopic (exact) mass is 385 g/mol. The van der Waals surface area contributed by atoms with Gasteiger partial charge in [0.15, 0.2) is 0 Å². The van der Waals surface area contributed by atoms with E-state index in [9.17, 15) is 17.6 Å². The van der Waals surface area contributed by atoms with Gasteiger partial charge in [-0.15, -0.1) is 11.3 Å². The summed E-state index contributed by atoms with van der Waals surface area (Å²) >= 11 is 1.43. The Morgan fingerprint density at radius 3 is 2.60 bits per heavy atom. The number of carbonyl (C=O) groups is 1. The second-order valence-electron chi connectivity index (χ2n) is 5.45. The molecule has 1 fully saturated rings. The Balaban J connectivity index is 0.00000225. The van der Waals surface area contributed by atoms with Gasteiger partial charge in [-0.2, -0.15) is 17.4 Å². The standard InChI is InChI=1S/C15H16FN3O3S2.CH4/c1-19-13(15(20)17-11-6-4-10(16)5-7-11)9-12(18-24(19,21)22)14-3-2-8-23-14;/h2-8,12-13,18H,9H2,1H3,(H,17,20);1H4. The first kappa shape index (κ1) is 19.5.